The average Bonchev–Trinajstić information content (AvgIpc) is 2.45. The van der Waals surface area contributed by atoms with Gasteiger partial charge in [-0.3, -0.25) is 9.59 Å². The van der Waals surface area contributed by atoms with E-state index < -0.39 is 0 Å². The van der Waals surface area contributed by atoms with Crippen LogP contribution in [0.3, 0.4) is 0 Å². The number of carbonyl (C=O) groups excluding carboxylic acids is 1. The molecule has 0 bridgehead atoms. The number of nitrogens with zero attached hydrogens (tertiary/aromatic N) is 1. The first-order chi connectivity index (χ1) is 9.97. The van der Waals surface area contributed by atoms with Crippen molar-refractivity contribution in [2.24, 2.45) is 5.92 Å². The Labute approximate surface area is 123 Å². The molecule has 0 radical (unpaired) electrons. The van der Waals surface area contributed by atoms with Crippen LogP contribution in [0.25, 0.3) is 10.9 Å². The minimum atomic E-state index is -0.161. The highest BCUT2D eigenvalue weighted by atomic mass is 16.1. The van der Waals surface area contributed by atoms with Crippen LogP contribution in [0.5, 0.6) is 0 Å². The quantitative estimate of drug-likeness (QED) is 0.883. The molecule has 0 unspecified atom stereocenters. The van der Waals surface area contributed by atoms with Crippen molar-refractivity contribution in [3.05, 3.63) is 40.4 Å². The van der Waals surface area contributed by atoms with Crippen LogP contribution < -0.4 is 10.9 Å². The van der Waals surface area contributed by atoms with E-state index in [1.807, 2.05) is 13.0 Å². The maximum atomic E-state index is 11.9. The van der Waals surface area contributed by atoms with Gasteiger partial charge >= 0.3 is 0 Å². The smallest absolute Gasteiger partial charge is 0.258 e. The van der Waals surface area contributed by atoms with Crippen LogP contribution in [0, 0.1) is 5.92 Å². The van der Waals surface area contributed by atoms with E-state index in [1.165, 1.54) is 0 Å². The second kappa shape index (κ2) is 6.52. The lowest BCUT2D eigenvalue weighted by Crippen LogP contribution is -2.36. The molecule has 1 atom stereocenters. The lowest BCUT2D eigenvalue weighted by molar-refractivity contribution is -0.121. The molecular formula is C16H21N3O2. The van der Waals surface area contributed by atoms with Gasteiger partial charge in [-0.2, -0.15) is 0 Å². The number of hydrogen-bond acceptors (Lipinski definition) is 3. The molecule has 2 rings (SSSR count). The van der Waals surface area contributed by atoms with E-state index in [1.54, 1.807) is 18.2 Å². The lowest BCUT2D eigenvalue weighted by Gasteiger charge is -2.17. The van der Waals surface area contributed by atoms with Gasteiger partial charge in [0.15, 0.2) is 0 Å². The monoisotopic (exact) mass is 287 g/mol. The number of nitrogens with one attached hydrogen (secondary N) is 2. The summed E-state index contributed by atoms with van der Waals surface area (Å²) in [4.78, 5) is 30.9. The topological polar surface area (TPSA) is 74.8 Å². The molecule has 0 aliphatic rings. The molecule has 5 nitrogen and oxygen atoms in total. The third-order valence-electron chi connectivity index (χ3n) is 3.64. The average molecular weight is 287 g/mol. The second-order valence-corrected chi connectivity index (χ2v) is 5.63. The number of rotatable bonds is 5. The number of H-pyrrole nitrogens is 1. The van der Waals surface area contributed by atoms with Gasteiger partial charge in [-0.1, -0.05) is 26.0 Å². The molecule has 112 valence electrons. The van der Waals surface area contributed by atoms with Gasteiger partial charge in [-0.05, 0) is 25.0 Å². The van der Waals surface area contributed by atoms with E-state index in [0.717, 1.165) is 0 Å². The van der Waals surface area contributed by atoms with Crippen LogP contribution in [0.15, 0.2) is 29.1 Å². The number of aryl methyl sites for hydroxylation is 1. The molecule has 21 heavy (non-hydrogen) atoms. The molecule has 1 aromatic carbocycles. The second-order valence-electron chi connectivity index (χ2n) is 5.63. The van der Waals surface area contributed by atoms with Crippen LogP contribution in [0.4, 0.5) is 0 Å². The molecular weight excluding hydrogens is 266 g/mol. The van der Waals surface area contributed by atoms with Gasteiger partial charge in [-0.25, -0.2) is 4.98 Å². The Kier molecular flexibility index (Phi) is 4.73. The fourth-order valence-electron chi connectivity index (χ4n) is 1.98. The number of amides is 1. The minimum absolute atomic E-state index is 0.0213. The fourth-order valence-corrected chi connectivity index (χ4v) is 1.98. The number of hydrogen-bond donors (Lipinski definition) is 2. The Morgan fingerprint density at radius 2 is 2.00 bits per heavy atom. The normalized spacial score (nSPS) is 12.6. The van der Waals surface area contributed by atoms with Gasteiger partial charge in [0.2, 0.25) is 5.91 Å². The van der Waals surface area contributed by atoms with Crippen molar-refractivity contribution in [2.45, 2.75) is 39.7 Å². The third kappa shape index (κ3) is 3.90. The van der Waals surface area contributed by atoms with Crippen molar-refractivity contribution in [3.8, 4) is 0 Å². The highest BCUT2D eigenvalue weighted by molar-refractivity contribution is 5.78. The van der Waals surface area contributed by atoms with Gasteiger partial charge in [0.05, 0.1) is 10.9 Å². The Morgan fingerprint density at radius 1 is 1.29 bits per heavy atom. The summed E-state index contributed by atoms with van der Waals surface area (Å²) in [5.41, 5.74) is 0.499. The molecule has 1 aromatic heterocycles. The van der Waals surface area contributed by atoms with Crippen LogP contribution in [-0.2, 0) is 11.2 Å². The molecule has 2 aromatic rings. The standard InChI is InChI=1S/C16H21N3O2/c1-10(2)11(3)17-15(20)9-8-14-18-13-7-5-4-6-12(13)16(21)19-14/h4-7,10-11H,8-9H2,1-3H3,(H,17,20)(H,18,19,21)/t11-/m0/s1. The molecule has 5 heteroatoms. The molecule has 0 spiro atoms. The van der Waals surface area contributed by atoms with E-state index in [9.17, 15) is 9.59 Å². The van der Waals surface area contributed by atoms with Crippen LogP contribution in [0.1, 0.15) is 33.0 Å². The predicted octanol–water partition coefficient (Wildman–Crippen LogP) is 2.02. The molecule has 0 saturated carbocycles. The van der Waals surface area contributed by atoms with E-state index in [0.29, 0.717) is 35.5 Å². The van der Waals surface area contributed by atoms with Crippen molar-refractivity contribution in [1.82, 2.24) is 15.3 Å². The van der Waals surface area contributed by atoms with Crippen molar-refractivity contribution in [3.63, 3.8) is 0 Å². The Hall–Kier alpha value is -2.17. The third-order valence-corrected chi connectivity index (χ3v) is 3.64. The number of fused-ring (bicyclic) bond motifs is 1. The van der Waals surface area contributed by atoms with Gasteiger partial charge < -0.3 is 10.3 Å². The van der Waals surface area contributed by atoms with Crippen LogP contribution in [-0.4, -0.2) is 21.9 Å². The first-order valence-corrected chi connectivity index (χ1v) is 7.24. The highest BCUT2D eigenvalue weighted by Crippen LogP contribution is 2.07. The molecule has 0 fully saturated rings. The summed E-state index contributed by atoms with van der Waals surface area (Å²) in [6.07, 6.45) is 0.745. The zero-order chi connectivity index (χ0) is 15.4. The maximum absolute atomic E-state index is 11.9. The predicted molar refractivity (Wildman–Crippen MR) is 83.1 cm³/mol. The first kappa shape index (κ1) is 15.2. The number of aromatic amines is 1. The summed E-state index contributed by atoms with van der Waals surface area (Å²) in [6, 6.07) is 7.33. The lowest BCUT2D eigenvalue weighted by atomic mass is 10.1. The number of aromatic nitrogens is 2. The summed E-state index contributed by atoms with van der Waals surface area (Å²) in [6.45, 7) is 6.11. The highest BCUT2D eigenvalue weighted by Gasteiger charge is 2.11. The Bertz CT molecular complexity index is 691. The van der Waals surface area contributed by atoms with E-state index >= 15 is 0 Å². The fraction of sp³-hybridized carbons (Fsp3) is 0.438. The van der Waals surface area contributed by atoms with Gasteiger partial charge in [-0.15, -0.1) is 0 Å². The summed E-state index contributed by atoms with van der Waals surface area (Å²) in [5, 5.41) is 3.51. The van der Waals surface area contributed by atoms with Crippen molar-refractivity contribution in [1.29, 1.82) is 0 Å². The Morgan fingerprint density at radius 3 is 2.71 bits per heavy atom. The number of para-hydroxylation sites is 1. The molecule has 1 amide bonds. The van der Waals surface area contributed by atoms with Crippen LogP contribution in [0.2, 0.25) is 0 Å². The zero-order valence-corrected chi connectivity index (χ0v) is 12.6. The summed E-state index contributed by atoms with van der Waals surface area (Å²) in [5.74, 6) is 0.922. The summed E-state index contributed by atoms with van der Waals surface area (Å²) < 4.78 is 0. The maximum Gasteiger partial charge on any atom is 0.258 e. The van der Waals surface area contributed by atoms with Gasteiger partial charge in [0, 0.05) is 18.9 Å². The van der Waals surface area contributed by atoms with E-state index in [4.69, 9.17) is 0 Å². The van der Waals surface area contributed by atoms with Crippen LogP contribution >= 0.6 is 0 Å². The van der Waals surface area contributed by atoms with Gasteiger partial charge in [0.1, 0.15) is 5.82 Å². The summed E-state index contributed by atoms with van der Waals surface area (Å²) >= 11 is 0. The van der Waals surface area contributed by atoms with Gasteiger partial charge in [0.25, 0.3) is 5.56 Å². The Balaban J connectivity index is 2.04. The molecule has 0 aliphatic heterocycles. The minimum Gasteiger partial charge on any atom is -0.353 e. The summed E-state index contributed by atoms with van der Waals surface area (Å²) in [7, 11) is 0. The SMILES string of the molecule is CC(C)[C@H](C)NC(=O)CCc1nc2ccccc2c(=O)[nH]1. The molecule has 2 N–H and O–H groups in total. The van der Waals surface area contributed by atoms with E-state index in [-0.39, 0.29) is 17.5 Å². The molecule has 0 aliphatic carbocycles. The van der Waals surface area contributed by atoms with E-state index in [2.05, 4.69) is 29.1 Å². The zero-order valence-electron chi connectivity index (χ0n) is 12.6. The van der Waals surface area contributed by atoms with Crippen molar-refractivity contribution in [2.75, 3.05) is 0 Å². The molecule has 1 heterocycles. The molecule has 0 saturated heterocycles. The van der Waals surface area contributed by atoms with Crippen molar-refractivity contribution < 1.29 is 4.79 Å². The number of carbonyl (C=O) groups is 1. The number of benzene rings is 1. The first-order valence-electron chi connectivity index (χ1n) is 7.24. The largest absolute Gasteiger partial charge is 0.353 e. The van der Waals surface area contributed by atoms with Crippen molar-refractivity contribution >= 4 is 16.8 Å².